The van der Waals surface area contributed by atoms with Crippen LogP contribution in [0, 0.1) is 0 Å². The zero-order valence-electron chi connectivity index (χ0n) is 13.3. The maximum Gasteiger partial charge on any atom is 0.239 e. The molecule has 23 heavy (non-hydrogen) atoms. The third kappa shape index (κ3) is 2.90. The summed E-state index contributed by atoms with van der Waals surface area (Å²) in [5, 5.41) is 1.43. The third-order valence-electron chi connectivity index (χ3n) is 4.48. The summed E-state index contributed by atoms with van der Waals surface area (Å²) in [6.07, 6.45) is 5.57. The fourth-order valence-corrected chi connectivity index (χ4v) is 4.44. The molecule has 1 aromatic heterocycles. The predicted octanol–water partition coefficient (Wildman–Crippen LogP) is 4.63. The molecule has 0 saturated heterocycles. The lowest BCUT2D eigenvalue weighted by Crippen LogP contribution is -2.32. The predicted molar refractivity (Wildman–Crippen MR) is 109 cm³/mol. The summed E-state index contributed by atoms with van der Waals surface area (Å²) in [6.45, 7) is 0. The third-order valence-corrected chi connectivity index (χ3v) is 5.72. The quantitative estimate of drug-likeness (QED) is 0.421. The van der Waals surface area contributed by atoms with Crippen LogP contribution in [0.5, 0.6) is 0 Å². The van der Waals surface area contributed by atoms with Gasteiger partial charge in [-0.3, -0.25) is 0 Å². The number of hydrogen-bond donors (Lipinski definition) is 0. The molecule has 118 valence electrons. The molecule has 4 rings (SSSR count). The Hall–Kier alpha value is -1.40. The minimum Gasteiger partial charge on any atom is -0.351 e. The molecule has 1 aliphatic heterocycles. The van der Waals surface area contributed by atoms with E-state index in [1.165, 1.54) is 26.5 Å². The van der Waals surface area contributed by atoms with Crippen LogP contribution in [0.15, 0.2) is 60.8 Å². The molecular weight excluding hydrogens is 415 g/mol. The van der Waals surface area contributed by atoms with Crippen LogP contribution in [0.3, 0.4) is 0 Å². The fourth-order valence-electron chi connectivity index (χ4n) is 3.23. The summed E-state index contributed by atoms with van der Waals surface area (Å²) in [7, 11) is 4.30. The number of anilines is 1. The number of aromatic nitrogens is 1. The molecule has 1 unspecified atom stereocenters. The van der Waals surface area contributed by atoms with E-state index in [0.29, 0.717) is 5.92 Å². The molecule has 2 nitrogen and oxygen atoms in total. The van der Waals surface area contributed by atoms with Gasteiger partial charge in [0, 0.05) is 30.9 Å². The van der Waals surface area contributed by atoms with Gasteiger partial charge in [-0.05, 0) is 17.7 Å². The number of rotatable bonds is 2. The fraction of sp³-hybridized carbons (Fsp3) is 0.211. The summed E-state index contributed by atoms with van der Waals surface area (Å²) in [4.78, 5) is 2.21. The van der Waals surface area contributed by atoms with Gasteiger partial charge in [-0.1, -0.05) is 47.7 Å². The molecule has 0 spiro atoms. The molecule has 0 bridgehead atoms. The first-order valence-corrected chi connectivity index (χ1v) is 8.42. The first kappa shape index (κ1) is 16.5. The summed E-state index contributed by atoms with van der Waals surface area (Å²) >= 11 is 1.91. The van der Waals surface area contributed by atoms with E-state index in [1.54, 1.807) is 0 Å². The highest BCUT2D eigenvalue weighted by Gasteiger charge is 2.24. The average Bonchev–Trinajstić information content (AvgIpc) is 2.87. The van der Waals surface area contributed by atoms with E-state index in [2.05, 4.69) is 84.4 Å². The molecular formula is C19H20IN2S+. The topological polar surface area (TPSA) is 7.12 Å². The van der Waals surface area contributed by atoms with Crippen molar-refractivity contribution < 1.29 is 4.57 Å². The Morgan fingerprint density at radius 1 is 1.09 bits per heavy atom. The minimum absolute atomic E-state index is 0. The van der Waals surface area contributed by atoms with Crippen molar-refractivity contribution in [2.75, 3.05) is 11.9 Å². The molecule has 0 amide bonds. The molecule has 3 aromatic rings. The largest absolute Gasteiger partial charge is 0.351 e. The molecule has 0 radical (unpaired) electrons. The number of allylic oxidation sites excluding steroid dienone is 1. The van der Waals surface area contributed by atoms with Crippen LogP contribution in [-0.2, 0) is 13.5 Å². The van der Waals surface area contributed by atoms with Gasteiger partial charge in [0.2, 0.25) is 10.5 Å². The SMILES string of the molecule is CN1C=CC(Cc2sc3ccccc3[n+]2C)c2ccccc21.I. The second-order valence-corrected chi connectivity index (χ2v) is 6.96. The van der Waals surface area contributed by atoms with E-state index < -0.39 is 0 Å². The lowest BCUT2D eigenvalue weighted by Gasteiger charge is -2.26. The van der Waals surface area contributed by atoms with Gasteiger partial charge >= 0.3 is 0 Å². The number of thiazole rings is 1. The van der Waals surface area contributed by atoms with Crippen LogP contribution in [0.4, 0.5) is 5.69 Å². The monoisotopic (exact) mass is 435 g/mol. The Balaban J connectivity index is 0.00000156. The van der Waals surface area contributed by atoms with Gasteiger partial charge < -0.3 is 4.90 Å². The van der Waals surface area contributed by atoms with Gasteiger partial charge in [-0.2, -0.15) is 4.57 Å². The van der Waals surface area contributed by atoms with Crippen LogP contribution in [0.2, 0.25) is 0 Å². The molecule has 2 aromatic carbocycles. The van der Waals surface area contributed by atoms with Crippen molar-refractivity contribution in [1.29, 1.82) is 0 Å². The Bertz CT molecular complexity index is 869. The zero-order valence-corrected chi connectivity index (χ0v) is 16.4. The van der Waals surface area contributed by atoms with Crippen molar-refractivity contribution in [1.82, 2.24) is 0 Å². The summed E-state index contributed by atoms with van der Waals surface area (Å²) in [6, 6.07) is 17.4. The van der Waals surface area contributed by atoms with Gasteiger partial charge in [0.25, 0.3) is 0 Å². The number of fused-ring (bicyclic) bond motifs is 2. The zero-order chi connectivity index (χ0) is 15.1. The highest BCUT2D eigenvalue weighted by Crippen LogP contribution is 2.35. The molecule has 4 heteroatoms. The van der Waals surface area contributed by atoms with Crippen LogP contribution in [0.1, 0.15) is 16.5 Å². The van der Waals surface area contributed by atoms with Crippen molar-refractivity contribution in [3.8, 4) is 0 Å². The molecule has 1 aliphatic rings. The Morgan fingerprint density at radius 2 is 1.83 bits per heavy atom. The van der Waals surface area contributed by atoms with Gasteiger partial charge in [0.15, 0.2) is 0 Å². The van der Waals surface area contributed by atoms with Crippen molar-refractivity contribution >= 4 is 51.2 Å². The second kappa shape index (κ2) is 6.61. The highest BCUT2D eigenvalue weighted by molar-refractivity contribution is 14.0. The van der Waals surface area contributed by atoms with Crippen LogP contribution in [0.25, 0.3) is 10.2 Å². The molecule has 0 aliphatic carbocycles. The molecule has 0 saturated carbocycles. The van der Waals surface area contributed by atoms with E-state index in [-0.39, 0.29) is 24.0 Å². The molecule has 0 N–H and O–H groups in total. The van der Waals surface area contributed by atoms with Crippen molar-refractivity contribution in [3.63, 3.8) is 0 Å². The molecule has 0 fully saturated rings. The summed E-state index contributed by atoms with van der Waals surface area (Å²) < 4.78 is 3.71. The van der Waals surface area contributed by atoms with E-state index in [9.17, 15) is 0 Å². The van der Waals surface area contributed by atoms with Gasteiger partial charge in [-0.15, -0.1) is 24.0 Å². The Labute approximate surface area is 158 Å². The van der Waals surface area contributed by atoms with E-state index in [1.807, 2.05) is 11.3 Å². The number of aryl methyl sites for hydroxylation is 1. The van der Waals surface area contributed by atoms with Crippen LogP contribution in [-0.4, -0.2) is 7.05 Å². The smallest absolute Gasteiger partial charge is 0.239 e. The second-order valence-electron chi connectivity index (χ2n) is 5.84. The number of halogens is 1. The highest BCUT2D eigenvalue weighted by atomic mass is 127. The normalized spacial score (nSPS) is 16.3. The first-order chi connectivity index (χ1) is 10.7. The maximum atomic E-state index is 2.34. The lowest BCUT2D eigenvalue weighted by molar-refractivity contribution is -0.648. The van der Waals surface area contributed by atoms with Gasteiger partial charge in [0.1, 0.15) is 11.7 Å². The maximum absolute atomic E-state index is 2.34. The Morgan fingerprint density at radius 3 is 2.65 bits per heavy atom. The van der Waals surface area contributed by atoms with Crippen LogP contribution >= 0.6 is 35.3 Å². The molecule has 2 heterocycles. The average molecular weight is 435 g/mol. The van der Waals surface area contributed by atoms with Crippen molar-refractivity contribution in [2.24, 2.45) is 7.05 Å². The minimum atomic E-state index is 0. The van der Waals surface area contributed by atoms with Gasteiger partial charge in [-0.25, -0.2) is 0 Å². The first-order valence-electron chi connectivity index (χ1n) is 7.60. The number of benzene rings is 2. The standard InChI is InChI=1S/C19H19N2S.HI/c1-20-12-11-14(15-7-3-4-8-16(15)20)13-19-21(2)17-9-5-6-10-18(17)22-19;/h3-12,14H,13H2,1-2H3;1H/q+1;. The molecule has 1 atom stereocenters. The number of para-hydroxylation sites is 2. The Kier molecular flexibility index (Phi) is 4.73. The van der Waals surface area contributed by atoms with E-state index in [0.717, 1.165) is 6.42 Å². The summed E-state index contributed by atoms with van der Waals surface area (Å²) in [5.41, 5.74) is 4.07. The lowest BCUT2D eigenvalue weighted by atomic mass is 9.91. The summed E-state index contributed by atoms with van der Waals surface area (Å²) in [5.74, 6) is 0.451. The number of hydrogen-bond acceptors (Lipinski definition) is 2. The van der Waals surface area contributed by atoms with Crippen molar-refractivity contribution in [3.05, 3.63) is 71.4 Å². The van der Waals surface area contributed by atoms with Gasteiger partial charge in [0.05, 0.1) is 6.42 Å². The van der Waals surface area contributed by atoms with Crippen LogP contribution < -0.4 is 9.47 Å². The van der Waals surface area contributed by atoms with Crippen molar-refractivity contribution in [2.45, 2.75) is 12.3 Å². The van der Waals surface area contributed by atoms with E-state index >= 15 is 0 Å². The number of nitrogens with zero attached hydrogens (tertiary/aromatic N) is 2. The van der Waals surface area contributed by atoms with E-state index in [4.69, 9.17) is 0 Å².